The Labute approximate surface area is 102 Å². The summed E-state index contributed by atoms with van der Waals surface area (Å²) >= 11 is 0. The third-order valence-electron chi connectivity index (χ3n) is 2.17. The largest absolute Gasteiger partial charge is 1.00 e. The van der Waals surface area contributed by atoms with E-state index in [0.29, 0.717) is 6.73 Å². The highest BCUT2D eigenvalue weighted by Crippen LogP contribution is 1.95. The number of aryl methyl sites for hydroxylation is 1. The first-order valence-electron chi connectivity index (χ1n) is 5.09. The van der Waals surface area contributed by atoms with Crippen LogP contribution in [0.5, 0.6) is 0 Å². The topological polar surface area (TPSA) is 50.6 Å². The lowest BCUT2D eigenvalue weighted by Gasteiger charge is -2.00. The van der Waals surface area contributed by atoms with Crippen molar-refractivity contribution in [2.75, 3.05) is 6.61 Å². The standard InChI is InChI=1S/C10H17N3O2.ClH/c1-3-4-7-15-9-13-6-5-12(2)10(13)8-11-14;/h5-6,8H,3-4,7,9H2,1-2H3;1H. The number of halogens is 1. The molecule has 6 heteroatoms. The van der Waals surface area contributed by atoms with Crippen molar-refractivity contribution < 1.29 is 26.9 Å². The van der Waals surface area contributed by atoms with Gasteiger partial charge in [0.25, 0.3) is 0 Å². The number of rotatable bonds is 6. The molecule has 0 aliphatic rings. The van der Waals surface area contributed by atoms with E-state index in [1.165, 1.54) is 6.21 Å². The maximum absolute atomic E-state index is 8.50. The average Bonchev–Trinajstić information content (AvgIpc) is 2.57. The van der Waals surface area contributed by atoms with Gasteiger partial charge in [0.1, 0.15) is 12.4 Å². The number of ether oxygens (including phenoxy) is 1. The molecule has 1 aromatic rings. The summed E-state index contributed by atoms with van der Waals surface area (Å²) in [6, 6.07) is 0. The number of hydrogen-bond donors (Lipinski definition) is 1. The Balaban J connectivity index is 0.00000225. The lowest BCUT2D eigenvalue weighted by atomic mass is 10.4. The van der Waals surface area contributed by atoms with E-state index < -0.39 is 0 Å². The molecule has 0 saturated carbocycles. The second kappa shape index (κ2) is 8.13. The molecule has 1 aromatic heterocycles. The molecule has 1 rings (SSSR count). The van der Waals surface area contributed by atoms with E-state index >= 15 is 0 Å². The number of nitrogens with zero attached hydrogens (tertiary/aromatic N) is 3. The van der Waals surface area contributed by atoms with E-state index in [0.717, 1.165) is 25.3 Å². The summed E-state index contributed by atoms with van der Waals surface area (Å²) in [6.45, 7) is 3.37. The molecule has 0 amide bonds. The smallest absolute Gasteiger partial charge is 0.305 e. The Bertz CT molecular complexity index is 326. The van der Waals surface area contributed by atoms with Crippen LogP contribution >= 0.6 is 0 Å². The predicted octanol–water partition coefficient (Wildman–Crippen LogP) is -2.10. The van der Waals surface area contributed by atoms with E-state index in [1.807, 2.05) is 28.6 Å². The minimum Gasteiger partial charge on any atom is -1.00 e. The van der Waals surface area contributed by atoms with Gasteiger partial charge in [-0.25, -0.2) is 9.13 Å². The Hall–Kier alpha value is -1.07. The Kier molecular flexibility index (Phi) is 7.58. The van der Waals surface area contributed by atoms with Crippen LogP contribution < -0.4 is 17.0 Å². The molecule has 0 unspecified atom stereocenters. The average molecular weight is 248 g/mol. The van der Waals surface area contributed by atoms with Crippen molar-refractivity contribution in [1.82, 2.24) is 4.57 Å². The zero-order valence-electron chi connectivity index (χ0n) is 9.64. The van der Waals surface area contributed by atoms with Crippen LogP contribution in [-0.4, -0.2) is 22.6 Å². The Morgan fingerprint density at radius 1 is 1.62 bits per heavy atom. The molecule has 16 heavy (non-hydrogen) atoms. The summed E-state index contributed by atoms with van der Waals surface area (Å²) in [5, 5.41) is 11.5. The summed E-state index contributed by atoms with van der Waals surface area (Å²) in [6.07, 6.45) is 7.37. The lowest BCUT2D eigenvalue weighted by molar-refractivity contribution is -0.672. The monoisotopic (exact) mass is 247 g/mol. The zero-order valence-corrected chi connectivity index (χ0v) is 10.4. The zero-order chi connectivity index (χ0) is 11.1. The molecule has 0 saturated heterocycles. The van der Waals surface area contributed by atoms with Gasteiger partial charge < -0.3 is 22.4 Å². The molecule has 0 bridgehead atoms. The van der Waals surface area contributed by atoms with E-state index in [9.17, 15) is 0 Å². The van der Waals surface area contributed by atoms with Crippen molar-refractivity contribution in [1.29, 1.82) is 0 Å². The Morgan fingerprint density at radius 3 is 3.00 bits per heavy atom. The van der Waals surface area contributed by atoms with Gasteiger partial charge in [-0.1, -0.05) is 18.5 Å². The summed E-state index contributed by atoms with van der Waals surface area (Å²) in [5.41, 5.74) is 0. The van der Waals surface area contributed by atoms with Gasteiger partial charge in [-0.15, -0.1) is 0 Å². The number of aromatic nitrogens is 2. The third-order valence-corrected chi connectivity index (χ3v) is 2.17. The first kappa shape index (κ1) is 14.9. The van der Waals surface area contributed by atoms with Crippen molar-refractivity contribution in [2.45, 2.75) is 26.5 Å². The number of imidazole rings is 1. The van der Waals surface area contributed by atoms with E-state index in [4.69, 9.17) is 9.94 Å². The molecule has 1 N–H and O–H groups in total. The number of unbranched alkanes of at least 4 members (excludes halogenated alkanes) is 1. The molecule has 0 aliphatic heterocycles. The van der Waals surface area contributed by atoms with Crippen molar-refractivity contribution in [3.8, 4) is 0 Å². The molecular formula is C10H18ClN3O2. The van der Waals surface area contributed by atoms with Crippen LogP contribution in [-0.2, 0) is 18.5 Å². The van der Waals surface area contributed by atoms with Crippen LogP contribution in [0.3, 0.4) is 0 Å². The minimum atomic E-state index is 0. The predicted molar refractivity (Wildman–Crippen MR) is 55.8 cm³/mol. The third kappa shape index (κ3) is 4.20. The fourth-order valence-electron chi connectivity index (χ4n) is 1.27. The lowest BCUT2D eigenvalue weighted by Crippen LogP contribution is -3.00. The molecule has 5 nitrogen and oxygen atoms in total. The van der Waals surface area contributed by atoms with Crippen molar-refractivity contribution in [2.24, 2.45) is 12.2 Å². The number of hydrogen-bond acceptors (Lipinski definition) is 3. The fourth-order valence-corrected chi connectivity index (χ4v) is 1.27. The number of oxime groups is 1. The first-order chi connectivity index (χ1) is 7.29. The Morgan fingerprint density at radius 2 is 2.38 bits per heavy atom. The summed E-state index contributed by atoms with van der Waals surface area (Å²) in [4.78, 5) is 0. The van der Waals surface area contributed by atoms with E-state index in [2.05, 4.69) is 12.1 Å². The van der Waals surface area contributed by atoms with Crippen molar-refractivity contribution >= 4 is 6.21 Å². The maximum Gasteiger partial charge on any atom is 0.305 e. The summed E-state index contributed by atoms with van der Waals surface area (Å²) in [5.74, 6) is 0.800. The second-order valence-electron chi connectivity index (χ2n) is 3.37. The summed E-state index contributed by atoms with van der Waals surface area (Å²) < 4.78 is 9.22. The van der Waals surface area contributed by atoms with Crippen LogP contribution in [0.25, 0.3) is 0 Å². The van der Waals surface area contributed by atoms with Gasteiger partial charge >= 0.3 is 5.82 Å². The van der Waals surface area contributed by atoms with Gasteiger partial charge in [-0.05, 0) is 6.42 Å². The quantitative estimate of drug-likeness (QED) is 0.206. The highest BCUT2D eigenvalue weighted by Gasteiger charge is 2.11. The van der Waals surface area contributed by atoms with Gasteiger partial charge in [0.15, 0.2) is 12.9 Å². The normalized spacial score (nSPS) is 10.6. The fraction of sp³-hybridized carbons (Fsp3) is 0.600. The molecule has 1 heterocycles. The molecular weight excluding hydrogens is 230 g/mol. The van der Waals surface area contributed by atoms with Crippen molar-refractivity contribution in [3.63, 3.8) is 0 Å². The van der Waals surface area contributed by atoms with Crippen LogP contribution in [0, 0.1) is 0 Å². The van der Waals surface area contributed by atoms with Crippen molar-refractivity contribution in [3.05, 3.63) is 18.2 Å². The van der Waals surface area contributed by atoms with E-state index in [-0.39, 0.29) is 12.4 Å². The highest BCUT2D eigenvalue weighted by molar-refractivity contribution is 5.72. The van der Waals surface area contributed by atoms with E-state index in [1.54, 1.807) is 0 Å². The van der Waals surface area contributed by atoms with Crippen LogP contribution in [0.15, 0.2) is 17.5 Å². The molecule has 0 aromatic carbocycles. The van der Waals surface area contributed by atoms with Crippen LogP contribution in [0.4, 0.5) is 0 Å². The van der Waals surface area contributed by atoms with Gasteiger partial charge in [0.05, 0.1) is 13.7 Å². The molecule has 0 aliphatic carbocycles. The van der Waals surface area contributed by atoms with Gasteiger partial charge in [0.2, 0.25) is 0 Å². The van der Waals surface area contributed by atoms with Crippen LogP contribution in [0.2, 0.25) is 0 Å². The molecule has 0 spiro atoms. The highest BCUT2D eigenvalue weighted by atomic mass is 35.5. The minimum absolute atomic E-state index is 0. The van der Waals surface area contributed by atoms with Crippen LogP contribution in [0.1, 0.15) is 25.6 Å². The molecule has 0 radical (unpaired) electrons. The van der Waals surface area contributed by atoms with Gasteiger partial charge in [-0.3, -0.25) is 0 Å². The second-order valence-corrected chi connectivity index (χ2v) is 3.37. The molecule has 92 valence electrons. The van der Waals surface area contributed by atoms with Gasteiger partial charge in [0, 0.05) is 0 Å². The van der Waals surface area contributed by atoms with Gasteiger partial charge in [-0.2, -0.15) is 0 Å². The molecule has 0 fully saturated rings. The maximum atomic E-state index is 8.50. The first-order valence-corrected chi connectivity index (χ1v) is 5.09. The summed E-state index contributed by atoms with van der Waals surface area (Å²) in [7, 11) is 1.89. The molecule has 0 atom stereocenters. The SMILES string of the molecule is CCCCOCn1cc[n+](C)c1/C=N/O.[Cl-].